The van der Waals surface area contributed by atoms with E-state index in [-0.39, 0.29) is 12.2 Å². The van der Waals surface area contributed by atoms with Gasteiger partial charge >= 0.3 is 0 Å². The standard InChI is InChI=1S/C6H13NO2/c7-3-4-9-6-2-1-5(6)8/h5-6,8H,1-4,7H2. The van der Waals surface area contributed by atoms with Crippen molar-refractivity contribution in [2.75, 3.05) is 13.2 Å². The van der Waals surface area contributed by atoms with Crippen LogP contribution in [0.25, 0.3) is 0 Å². The van der Waals surface area contributed by atoms with E-state index in [4.69, 9.17) is 15.6 Å². The average molecular weight is 131 g/mol. The van der Waals surface area contributed by atoms with E-state index < -0.39 is 0 Å². The first kappa shape index (κ1) is 6.99. The fourth-order valence-electron chi connectivity index (χ4n) is 0.866. The van der Waals surface area contributed by atoms with Gasteiger partial charge in [-0.15, -0.1) is 0 Å². The van der Waals surface area contributed by atoms with Crippen LogP contribution in [0, 0.1) is 0 Å². The SMILES string of the molecule is NCCOC1CCC1O. The van der Waals surface area contributed by atoms with Gasteiger partial charge in [0.05, 0.1) is 18.8 Å². The highest BCUT2D eigenvalue weighted by Gasteiger charge is 2.28. The Morgan fingerprint density at radius 1 is 1.56 bits per heavy atom. The number of nitrogens with two attached hydrogens (primary N) is 1. The fourth-order valence-corrected chi connectivity index (χ4v) is 0.866. The lowest BCUT2D eigenvalue weighted by Gasteiger charge is -2.31. The second kappa shape index (κ2) is 3.15. The highest BCUT2D eigenvalue weighted by molar-refractivity contribution is 4.80. The summed E-state index contributed by atoms with van der Waals surface area (Å²) in [5, 5.41) is 8.97. The molecule has 0 bridgehead atoms. The maximum absolute atomic E-state index is 8.97. The van der Waals surface area contributed by atoms with E-state index in [1.165, 1.54) is 0 Å². The summed E-state index contributed by atoms with van der Waals surface area (Å²) in [4.78, 5) is 0. The molecule has 0 aliphatic heterocycles. The van der Waals surface area contributed by atoms with Gasteiger partial charge in [0.15, 0.2) is 0 Å². The molecule has 2 unspecified atom stereocenters. The van der Waals surface area contributed by atoms with Crippen molar-refractivity contribution in [1.82, 2.24) is 0 Å². The van der Waals surface area contributed by atoms with Crippen LogP contribution in [0.1, 0.15) is 12.8 Å². The molecule has 0 spiro atoms. The topological polar surface area (TPSA) is 55.5 Å². The Balaban J connectivity index is 1.99. The van der Waals surface area contributed by atoms with Crippen LogP contribution < -0.4 is 5.73 Å². The molecule has 3 nitrogen and oxygen atoms in total. The third-order valence-corrected chi connectivity index (χ3v) is 1.63. The highest BCUT2D eigenvalue weighted by Crippen LogP contribution is 2.22. The minimum absolute atomic E-state index is 0.0774. The average Bonchev–Trinajstić information content (AvgIpc) is 1.86. The maximum atomic E-state index is 8.97. The van der Waals surface area contributed by atoms with Gasteiger partial charge in [-0.2, -0.15) is 0 Å². The lowest BCUT2D eigenvalue weighted by Crippen LogP contribution is -2.39. The summed E-state index contributed by atoms with van der Waals surface area (Å²) in [6.07, 6.45) is 1.72. The van der Waals surface area contributed by atoms with Crippen LogP contribution in [-0.4, -0.2) is 30.5 Å². The molecule has 0 aromatic rings. The van der Waals surface area contributed by atoms with Crippen molar-refractivity contribution in [3.8, 4) is 0 Å². The van der Waals surface area contributed by atoms with Crippen LogP contribution in [0.2, 0.25) is 0 Å². The first-order valence-electron chi connectivity index (χ1n) is 3.34. The number of hydrogen-bond acceptors (Lipinski definition) is 3. The van der Waals surface area contributed by atoms with Crippen molar-refractivity contribution >= 4 is 0 Å². The summed E-state index contributed by atoms with van der Waals surface area (Å²) in [6, 6.07) is 0. The Morgan fingerprint density at radius 3 is 2.67 bits per heavy atom. The molecule has 1 rings (SSSR count). The van der Waals surface area contributed by atoms with E-state index in [0.29, 0.717) is 13.2 Å². The quantitative estimate of drug-likeness (QED) is 0.542. The molecule has 0 amide bonds. The van der Waals surface area contributed by atoms with Gasteiger partial charge in [0.2, 0.25) is 0 Å². The zero-order chi connectivity index (χ0) is 6.69. The van der Waals surface area contributed by atoms with Gasteiger partial charge < -0.3 is 15.6 Å². The molecule has 54 valence electrons. The molecule has 3 heteroatoms. The van der Waals surface area contributed by atoms with Crippen molar-refractivity contribution < 1.29 is 9.84 Å². The lowest BCUT2D eigenvalue weighted by atomic mass is 9.92. The largest absolute Gasteiger partial charge is 0.390 e. The Kier molecular flexibility index (Phi) is 2.45. The molecular formula is C6H13NO2. The van der Waals surface area contributed by atoms with Gasteiger partial charge in [0, 0.05) is 6.54 Å². The van der Waals surface area contributed by atoms with Crippen molar-refractivity contribution in [3.63, 3.8) is 0 Å². The van der Waals surface area contributed by atoms with Gasteiger partial charge in [0.1, 0.15) is 0 Å². The van der Waals surface area contributed by atoms with E-state index in [1.54, 1.807) is 0 Å². The Hall–Kier alpha value is -0.120. The summed E-state index contributed by atoms with van der Waals surface area (Å²) in [5.74, 6) is 0. The molecule has 9 heavy (non-hydrogen) atoms. The Bertz CT molecular complexity index is 87.1. The van der Waals surface area contributed by atoms with E-state index in [9.17, 15) is 0 Å². The Labute approximate surface area is 54.8 Å². The summed E-state index contributed by atoms with van der Waals surface area (Å²) >= 11 is 0. The minimum Gasteiger partial charge on any atom is -0.390 e. The van der Waals surface area contributed by atoms with E-state index in [2.05, 4.69) is 0 Å². The van der Waals surface area contributed by atoms with E-state index in [1.807, 2.05) is 0 Å². The van der Waals surface area contributed by atoms with Crippen molar-refractivity contribution in [1.29, 1.82) is 0 Å². The number of aliphatic hydroxyl groups is 1. The van der Waals surface area contributed by atoms with Gasteiger partial charge in [-0.05, 0) is 12.8 Å². The Morgan fingerprint density at radius 2 is 2.33 bits per heavy atom. The summed E-state index contributed by atoms with van der Waals surface area (Å²) in [5.41, 5.74) is 5.19. The molecule has 0 aromatic heterocycles. The van der Waals surface area contributed by atoms with Crippen molar-refractivity contribution in [3.05, 3.63) is 0 Å². The second-order valence-corrected chi connectivity index (χ2v) is 2.34. The second-order valence-electron chi connectivity index (χ2n) is 2.34. The molecule has 1 fully saturated rings. The summed E-state index contributed by atoms with van der Waals surface area (Å²) in [7, 11) is 0. The maximum Gasteiger partial charge on any atom is 0.0835 e. The normalized spacial score (nSPS) is 34.0. The van der Waals surface area contributed by atoms with Crippen LogP contribution in [0.15, 0.2) is 0 Å². The number of rotatable bonds is 3. The van der Waals surface area contributed by atoms with Crippen molar-refractivity contribution in [2.24, 2.45) is 5.73 Å². The molecule has 0 radical (unpaired) electrons. The third kappa shape index (κ3) is 1.64. The fraction of sp³-hybridized carbons (Fsp3) is 1.00. The van der Waals surface area contributed by atoms with E-state index >= 15 is 0 Å². The minimum atomic E-state index is -0.225. The molecule has 1 aliphatic rings. The molecule has 3 N–H and O–H groups in total. The number of ether oxygens (including phenoxy) is 1. The van der Waals surface area contributed by atoms with Crippen LogP contribution in [-0.2, 0) is 4.74 Å². The zero-order valence-electron chi connectivity index (χ0n) is 5.42. The molecule has 2 atom stereocenters. The van der Waals surface area contributed by atoms with Gasteiger partial charge in [0.25, 0.3) is 0 Å². The van der Waals surface area contributed by atoms with Crippen LogP contribution in [0.4, 0.5) is 0 Å². The molecule has 0 heterocycles. The van der Waals surface area contributed by atoms with Gasteiger partial charge in [-0.25, -0.2) is 0 Å². The van der Waals surface area contributed by atoms with Crippen LogP contribution in [0.5, 0.6) is 0 Å². The summed E-state index contributed by atoms with van der Waals surface area (Å²) in [6.45, 7) is 1.12. The summed E-state index contributed by atoms with van der Waals surface area (Å²) < 4.78 is 5.16. The zero-order valence-corrected chi connectivity index (χ0v) is 5.42. The van der Waals surface area contributed by atoms with Crippen LogP contribution >= 0.6 is 0 Å². The van der Waals surface area contributed by atoms with Gasteiger partial charge in [-0.3, -0.25) is 0 Å². The predicted molar refractivity (Wildman–Crippen MR) is 34.0 cm³/mol. The number of hydrogen-bond donors (Lipinski definition) is 2. The van der Waals surface area contributed by atoms with Gasteiger partial charge in [-0.1, -0.05) is 0 Å². The van der Waals surface area contributed by atoms with Crippen LogP contribution in [0.3, 0.4) is 0 Å². The molecule has 1 saturated carbocycles. The first-order valence-corrected chi connectivity index (χ1v) is 3.34. The molecule has 1 aliphatic carbocycles. The molecule has 0 aromatic carbocycles. The number of aliphatic hydroxyl groups excluding tert-OH is 1. The highest BCUT2D eigenvalue weighted by atomic mass is 16.5. The van der Waals surface area contributed by atoms with Crippen molar-refractivity contribution in [2.45, 2.75) is 25.0 Å². The third-order valence-electron chi connectivity index (χ3n) is 1.63. The first-order chi connectivity index (χ1) is 4.34. The smallest absolute Gasteiger partial charge is 0.0835 e. The molecule has 0 saturated heterocycles. The predicted octanol–water partition coefficient (Wildman–Crippen LogP) is -0.515. The monoisotopic (exact) mass is 131 g/mol. The lowest BCUT2D eigenvalue weighted by molar-refractivity contribution is -0.0936. The molecular weight excluding hydrogens is 118 g/mol. The van der Waals surface area contributed by atoms with E-state index in [0.717, 1.165) is 12.8 Å².